The molecule has 0 aromatic carbocycles. The van der Waals surface area contributed by atoms with Crippen LogP contribution in [0.25, 0.3) is 0 Å². The maximum absolute atomic E-state index is 9.25. The number of aromatic nitrogens is 1. The summed E-state index contributed by atoms with van der Waals surface area (Å²) in [4.78, 5) is 6.61. The second-order valence-corrected chi connectivity index (χ2v) is 4.85. The van der Waals surface area contributed by atoms with Gasteiger partial charge in [0.15, 0.2) is 0 Å². The van der Waals surface area contributed by atoms with Gasteiger partial charge in [-0.1, -0.05) is 0 Å². The second-order valence-electron chi connectivity index (χ2n) is 4.85. The molecular formula is C13H22N4O. The summed E-state index contributed by atoms with van der Waals surface area (Å²) in [6, 6.07) is 4.65. The number of pyridine rings is 1. The van der Waals surface area contributed by atoms with Crippen molar-refractivity contribution in [3.8, 4) is 0 Å². The van der Waals surface area contributed by atoms with Crippen molar-refractivity contribution in [1.29, 1.82) is 0 Å². The maximum atomic E-state index is 9.25. The quantitative estimate of drug-likeness (QED) is 0.717. The summed E-state index contributed by atoms with van der Waals surface area (Å²) in [5.41, 5.74) is 1.19. The van der Waals surface area contributed by atoms with Crippen molar-refractivity contribution in [2.45, 2.75) is 25.5 Å². The summed E-state index contributed by atoms with van der Waals surface area (Å²) in [5.74, 6) is 0.821. The molecule has 100 valence electrons. The van der Waals surface area contributed by atoms with E-state index in [0.717, 1.165) is 18.9 Å². The maximum Gasteiger partial charge on any atom is 0.128 e. The van der Waals surface area contributed by atoms with Crippen molar-refractivity contribution in [2.75, 3.05) is 36.9 Å². The van der Waals surface area contributed by atoms with E-state index in [4.69, 9.17) is 0 Å². The van der Waals surface area contributed by atoms with E-state index in [0.29, 0.717) is 12.6 Å². The monoisotopic (exact) mass is 250 g/mol. The fourth-order valence-electron chi connectivity index (χ4n) is 2.20. The number of nitrogens with zero attached hydrogens (tertiary/aromatic N) is 2. The van der Waals surface area contributed by atoms with Gasteiger partial charge in [0.1, 0.15) is 5.82 Å². The van der Waals surface area contributed by atoms with Gasteiger partial charge in [0.2, 0.25) is 0 Å². The lowest BCUT2D eigenvalue weighted by Gasteiger charge is -2.19. The zero-order chi connectivity index (χ0) is 13.0. The molecule has 0 aliphatic carbocycles. The van der Waals surface area contributed by atoms with Gasteiger partial charge in [-0.15, -0.1) is 0 Å². The zero-order valence-corrected chi connectivity index (χ0v) is 11.1. The van der Waals surface area contributed by atoms with E-state index in [9.17, 15) is 5.11 Å². The van der Waals surface area contributed by atoms with Crippen LogP contribution in [-0.4, -0.2) is 48.9 Å². The summed E-state index contributed by atoms with van der Waals surface area (Å²) >= 11 is 0. The molecule has 1 fully saturated rings. The van der Waals surface area contributed by atoms with Crippen LogP contribution in [0.5, 0.6) is 0 Å². The highest BCUT2D eigenvalue weighted by atomic mass is 16.3. The van der Waals surface area contributed by atoms with Crippen molar-refractivity contribution in [2.24, 2.45) is 0 Å². The minimum absolute atomic E-state index is 0.365. The van der Waals surface area contributed by atoms with Crippen LogP contribution in [-0.2, 0) is 0 Å². The third-order valence-corrected chi connectivity index (χ3v) is 3.28. The minimum Gasteiger partial charge on any atom is -0.392 e. The van der Waals surface area contributed by atoms with Gasteiger partial charge in [0.25, 0.3) is 0 Å². The Kier molecular flexibility index (Phi) is 4.38. The molecule has 0 radical (unpaired) electrons. The summed E-state index contributed by atoms with van der Waals surface area (Å²) in [7, 11) is 2.01. The van der Waals surface area contributed by atoms with Gasteiger partial charge >= 0.3 is 0 Å². The van der Waals surface area contributed by atoms with E-state index in [1.165, 1.54) is 12.1 Å². The van der Waals surface area contributed by atoms with Crippen LogP contribution in [0.3, 0.4) is 0 Å². The molecule has 1 aliphatic heterocycles. The lowest BCUT2D eigenvalue weighted by atomic mass is 10.3. The molecule has 1 saturated heterocycles. The van der Waals surface area contributed by atoms with Crippen LogP contribution in [0.1, 0.15) is 13.3 Å². The van der Waals surface area contributed by atoms with Gasteiger partial charge in [0, 0.05) is 43.6 Å². The Morgan fingerprint density at radius 1 is 1.61 bits per heavy atom. The third-order valence-electron chi connectivity index (χ3n) is 3.28. The molecule has 1 aromatic heterocycles. The zero-order valence-electron chi connectivity index (χ0n) is 11.1. The molecule has 0 bridgehead atoms. The lowest BCUT2D eigenvalue weighted by Crippen LogP contribution is -2.29. The van der Waals surface area contributed by atoms with Gasteiger partial charge < -0.3 is 20.6 Å². The molecular weight excluding hydrogens is 228 g/mol. The number of anilines is 2. The van der Waals surface area contributed by atoms with Crippen LogP contribution in [0, 0.1) is 0 Å². The summed E-state index contributed by atoms with van der Waals surface area (Å²) in [6.07, 6.45) is 2.62. The number of aliphatic hydroxyl groups excluding tert-OH is 1. The van der Waals surface area contributed by atoms with Crippen LogP contribution in [0.15, 0.2) is 18.3 Å². The molecule has 5 heteroatoms. The van der Waals surface area contributed by atoms with Crippen LogP contribution in [0.4, 0.5) is 11.5 Å². The number of aliphatic hydroxyl groups is 1. The van der Waals surface area contributed by atoms with E-state index < -0.39 is 0 Å². The van der Waals surface area contributed by atoms with E-state index >= 15 is 0 Å². The first-order chi connectivity index (χ1) is 8.69. The number of hydrogen-bond donors (Lipinski definition) is 3. The first-order valence-corrected chi connectivity index (χ1v) is 6.49. The normalized spacial score (nSPS) is 21.1. The average Bonchev–Trinajstić information content (AvgIpc) is 2.85. The number of likely N-dealkylation sites (N-methyl/N-ethyl adjacent to an activating group) is 1. The molecule has 2 atom stereocenters. The number of nitrogens with one attached hydrogen (secondary N) is 2. The van der Waals surface area contributed by atoms with Crippen molar-refractivity contribution in [1.82, 2.24) is 10.3 Å². The van der Waals surface area contributed by atoms with Gasteiger partial charge in [-0.05, 0) is 26.5 Å². The Morgan fingerprint density at radius 3 is 3.11 bits per heavy atom. The summed E-state index contributed by atoms with van der Waals surface area (Å²) in [6.45, 7) is 4.39. The largest absolute Gasteiger partial charge is 0.392 e. The van der Waals surface area contributed by atoms with Crippen LogP contribution < -0.4 is 15.5 Å². The molecule has 2 heterocycles. The van der Waals surface area contributed by atoms with Gasteiger partial charge in [-0.2, -0.15) is 0 Å². The first-order valence-electron chi connectivity index (χ1n) is 6.49. The fourth-order valence-corrected chi connectivity index (χ4v) is 2.20. The summed E-state index contributed by atoms with van der Waals surface area (Å²) in [5, 5.41) is 15.7. The standard InChI is InChI=1S/C13H22N4O/c1-10(18)8-16-13-7-12(3-5-15-13)17-6-4-11(9-17)14-2/h3,5,7,10-11,14,18H,4,6,8-9H2,1-2H3,(H,15,16)/t10?,11-/m0/s1. The molecule has 1 aromatic rings. The average molecular weight is 250 g/mol. The minimum atomic E-state index is -0.365. The smallest absolute Gasteiger partial charge is 0.128 e. The molecule has 5 nitrogen and oxygen atoms in total. The van der Waals surface area contributed by atoms with Crippen molar-refractivity contribution in [3.05, 3.63) is 18.3 Å². The molecule has 0 saturated carbocycles. The van der Waals surface area contributed by atoms with E-state index in [2.05, 4.69) is 20.5 Å². The SMILES string of the molecule is CN[C@H]1CCN(c2ccnc(NCC(C)O)c2)C1. The highest BCUT2D eigenvalue weighted by Gasteiger charge is 2.21. The molecule has 1 aliphatic rings. The Balaban J connectivity index is 1.99. The molecule has 2 rings (SSSR count). The molecule has 0 spiro atoms. The predicted molar refractivity (Wildman–Crippen MR) is 74.1 cm³/mol. The molecule has 1 unspecified atom stereocenters. The highest BCUT2D eigenvalue weighted by Crippen LogP contribution is 2.21. The Hall–Kier alpha value is -1.33. The Labute approximate surface area is 108 Å². The van der Waals surface area contributed by atoms with Gasteiger partial charge in [0.05, 0.1) is 6.10 Å². The van der Waals surface area contributed by atoms with E-state index in [1.807, 2.05) is 25.4 Å². The van der Waals surface area contributed by atoms with E-state index in [1.54, 1.807) is 6.92 Å². The number of hydrogen-bond acceptors (Lipinski definition) is 5. The van der Waals surface area contributed by atoms with E-state index in [-0.39, 0.29) is 6.10 Å². The Bertz CT molecular complexity index is 383. The molecule has 18 heavy (non-hydrogen) atoms. The molecule has 0 amide bonds. The van der Waals surface area contributed by atoms with Crippen molar-refractivity contribution < 1.29 is 5.11 Å². The fraction of sp³-hybridized carbons (Fsp3) is 0.615. The van der Waals surface area contributed by atoms with Crippen LogP contribution >= 0.6 is 0 Å². The molecule has 3 N–H and O–H groups in total. The topological polar surface area (TPSA) is 60.4 Å². The second kappa shape index (κ2) is 6.02. The third kappa shape index (κ3) is 3.34. The highest BCUT2D eigenvalue weighted by molar-refractivity contribution is 5.54. The van der Waals surface area contributed by atoms with Crippen molar-refractivity contribution in [3.63, 3.8) is 0 Å². The lowest BCUT2D eigenvalue weighted by molar-refractivity contribution is 0.208. The predicted octanol–water partition coefficient (Wildman–Crippen LogP) is 0.672. The summed E-state index contributed by atoms with van der Waals surface area (Å²) < 4.78 is 0. The first kappa shape index (κ1) is 13.1. The van der Waals surface area contributed by atoms with Crippen molar-refractivity contribution >= 4 is 11.5 Å². The van der Waals surface area contributed by atoms with Crippen LogP contribution in [0.2, 0.25) is 0 Å². The van der Waals surface area contributed by atoms with Gasteiger partial charge in [-0.3, -0.25) is 0 Å². The van der Waals surface area contributed by atoms with Gasteiger partial charge in [-0.25, -0.2) is 4.98 Å². The number of rotatable bonds is 5. The Morgan fingerprint density at radius 2 is 2.44 bits per heavy atom.